The Hall–Kier alpha value is -2.73. The molecule has 0 radical (unpaired) electrons. The molecule has 2 aromatic heterocycles. The van der Waals surface area contributed by atoms with Gasteiger partial charge in [-0.05, 0) is 17.5 Å². The largest absolute Gasteiger partial charge is 0.467 e. The monoisotopic (exact) mass is 388 g/mol. The molecule has 0 aliphatic rings. The van der Waals surface area contributed by atoms with Crippen LogP contribution < -0.4 is 5.32 Å². The summed E-state index contributed by atoms with van der Waals surface area (Å²) < 4.78 is 12.1. The topological polar surface area (TPSA) is 73.5 Å². The molecule has 0 saturated carbocycles. The van der Waals surface area contributed by atoms with Gasteiger partial charge in [-0.1, -0.05) is 43.6 Å². The number of esters is 1. The van der Waals surface area contributed by atoms with Crippen molar-refractivity contribution in [2.75, 3.05) is 7.11 Å². The number of benzene rings is 1. The highest BCUT2D eigenvalue weighted by atomic mass is 35.5. The number of hydrogen-bond acceptors (Lipinski definition) is 4. The second-order valence-electron chi connectivity index (χ2n) is 6.60. The molecule has 0 aliphatic carbocycles. The van der Waals surface area contributed by atoms with Gasteiger partial charge in [0, 0.05) is 23.7 Å². The molecule has 0 spiro atoms. The lowest BCUT2D eigenvalue weighted by Crippen LogP contribution is -2.45. The van der Waals surface area contributed by atoms with Crippen LogP contribution in [0, 0.1) is 5.92 Å². The van der Waals surface area contributed by atoms with E-state index >= 15 is 0 Å². The maximum atomic E-state index is 12.9. The lowest BCUT2D eigenvalue weighted by atomic mass is 10.0. The van der Waals surface area contributed by atoms with Crippen LogP contribution in [0.2, 0.25) is 5.02 Å². The Morgan fingerprint density at radius 1 is 1.26 bits per heavy atom. The lowest BCUT2D eigenvalue weighted by molar-refractivity contribution is -0.144. The van der Waals surface area contributed by atoms with Crippen LogP contribution in [0.15, 0.2) is 47.1 Å². The fourth-order valence-electron chi connectivity index (χ4n) is 2.97. The third kappa shape index (κ3) is 3.85. The van der Waals surface area contributed by atoms with E-state index in [1.54, 1.807) is 24.5 Å². The number of hydrogen-bond donors (Lipinski definition) is 1. The molecule has 0 aliphatic heterocycles. The highest BCUT2D eigenvalue weighted by Gasteiger charge is 2.27. The Morgan fingerprint density at radius 3 is 2.67 bits per heavy atom. The summed E-state index contributed by atoms with van der Waals surface area (Å²) in [5.74, 6) is -0.972. The molecule has 3 rings (SSSR count). The second-order valence-corrected chi connectivity index (χ2v) is 7.00. The molecule has 1 N–H and O–H groups in total. The van der Waals surface area contributed by atoms with E-state index in [0.717, 1.165) is 11.1 Å². The summed E-state index contributed by atoms with van der Waals surface area (Å²) in [7, 11) is 1.30. The minimum atomic E-state index is -0.738. The van der Waals surface area contributed by atoms with Crippen molar-refractivity contribution in [2.45, 2.75) is 26.4 Å². The Labute approximate surface area is 162 Å². The maximum Gasteiger partial charge on any atom is 0.328 e. The Morgan fingerprint density at radius 2 is 2.00 bits per heavy atom. The molecule has 0 saturated heterocycles. The summed E-state index contributed by atoms with van der Waals surface area (Å²) in [6.45, 7) is 4.09. The van der Waals surface area contributed by atoms with Gasteiger partial charge in [-0.25, -0.2) is 4.79 Å². The Kier molecular flexibility index (Phi) is 5.56. The summed E-state index contributed by atoms with van der Waals surface area (Å²) in [6, 6.07) is 10.2. The highest BCUT2D eigenvalue weighted by molar-refractivity contribution is 6.31. The van der Waals surface area contributed by atoms with Crippen molar-refractivity contribution in [1.29, 1.82) is 0 Å². The van der Waals surface area contributed by atoms with Crippen LogP contribution in [0.1, 0.15) is 29.9 Å². The summed E-state index contributed by atoms with van der Waals surface area (Å²) in [5, 5.41) is 3.38. The van der Waals surface area contributed by atoms with Crippen LogP contribution >= 0.6 is 11.6 Å². The third-order valence-corrected chi connectivity index (χ3v) is 4.82. The molecule has 2 heterocycles. The molecule has 6 nitrogen and oxygen atoms in total. The average molecular weight is 389 g/mol. The van der Waals surface area contributed by atoms with E-state index in [9.17, 15) is 9.59 Å². The van der Waals surface area contributed by atoms with Gasteiger partial charge in [0.05, 0.1) is 18.9 Å². The van der Waals surface area contributed by atoms with Crippen molar-refractivity contribution in [2.24, 2.45) is 5.92 Å². The predicted molar refractivity (Wildman–Crippen MR) is 103 cm³/mol. The van der Waals surface area contributed by atoms with Crippen molar-refractivity contribution < 1.29 is 18.7 Å². The minimum absolute atomic E-state index is 0.114. The molecule has 0 unspecified atom stereocenters. The van der Waals surface area contributed by atoms with Crippen molar-refractivity contribution in [1.82, 2.24) is 9.88 Å². The zero-order chi connectivity index (χ0) is 19.6. The molecule has 0 bridgehead atoms. The molecule has 7 heteroatoms. The first-order chi connectivity index (χ1) is 12.9. The lowest BCUT2D eigenvalue weighted by Gasteiger charge is -2.20. The first kappa shape index (κ1) is 19.0. The summed E-state index contributed by atoms with van der Waals surface area (Å²) >= 11 is 6.29. The number of nitrogens with one attached hydrogen (secondary N) is 1. The molecule has 1 aromatic carbocycles. The SMILES string of the molecule is COC(=O)[C@H](NC(=O)c1cc2occc2n1Cc1ccccc1Cl)C(C)C. The molecule has 0 fully saturated rings. The molecule has 1 amide bonds. The smallest absolute Gasteiger partial charge is 0.328 e. The van der Waals surface area contributed by atoms with E-state index in [-0.39, 0.29) is 11.8 Å². The fourth-order valence-corrected chi connectivity index (χ4v) is 3.17. The second kappa shape index (κ2) is 7.88. The first-order valence-corrected chi connectivity index (χ1v) is 8.99. The zero-order valence-corrected chi connectivity index (χ0v) is 16.1. The number of rotatable bonds is 6. The number of ether oxygens (including phenoxy) is 1. The van der Waals surface area contributed by atoms with Gasteiger partial charge in [0.1, 0.15) is 11.7 Å². The molecular weight excluding hydrogens is 368 g/mol. The third-order valence-electron chi connectivity index (χ3n) is 4.45. The van der Waals surface area contributed by atoms with Gasteiger partial charge in [-0.3, -0.25) is 4.79 Å². The van der Waals surface area contributed by atoms with Gasteiger partial charge in [0.15, 0.2) is 5.58 Å². The Balaban J connectivity index is 1.96. The predicted octanol–water partition coefficient (Wildman–Crippen LogP) is 3.86. The number of aromatic nitrogens is 1. The standard InChI is InChI=1S/C20H21ClN2O4/c1-12(2)18(20(25)26-3)22-19(24)16-10-17-15(8-9-27-17)23(16)11-13-6-4-5-7-14(13)21/h4-10,12,18H,11H2,1-3H3,(H,22,24)/t18-/m1/s1. The van der Waals surface area contributed by atoms with Crippen LogP contribution in [0.4, 0.5) is 0 Å². The van der Waals surface area contributed by atoms with Crippen LogP contribution in [-0.2, 0) is 16.1 Å². The van der Waals surface area contributed by atoms with Crippen molar-refractivity contribution in [3.05, 3.63) is 58.9 Å². The minimum Gasteiger partial charge on any atom is -0.467 e. The normalized spacial score (nSPS) is 12.3. The summed E-state index contributed by atoms with van der Waals surface area (Å²) in [6.07, 6.45) is 1.57. The summed E-state index contributed by atoms with van der Waals surface area (Å²) in [5.41, 5.74) is 2.63. The van der Waals surface area contributed by atoms with E-state index in [4.69, 9.17) is 20.8 Å². The average Bonchev–Trinajstić information content (AvgIpc) is 3.23. The molecule has 142 valence electrons. The number of carbonyl (C=O) groups is 2. The first-order valence-electron chi connectivity index (χ1n) is 8.61. The van der Waals surface area contributed by atoms with Crippen LogP contribution in [0.3, 0.4) is 0 Å². The van der Waals surface area contributed by atoms with E-state index in [2.05, 4.69) is 5.32 Å². The summed E-state index contributed by atoms with van der Waals surface area (Å²) in [4.78, 5) is 24.9. The van der Waals surface area contributed by atoms with Crippen LogP contribution in [-0.4, -0.2) is 29.6 Å². The number of furan rings is 1. The van der Waals surface area contributed by atoms with E-state index < -0.39 is 12.0 Å². The zero-order valence-electron chi connectivity index (χ0n) is 15.4. The molecule has 27 heavy (non-hydrogen) atoms. The number of nitrogens with zero attached hydrogens (tertiary/aromatic N) is 1. The number of amides is 1. The van der Waals surface area contributed by atoms with Crippen molar-refractivity contribution in [3.63, 3.8) is 0 Å². The van der Waals surface area contributed by atoms with Crippen molar-refractivity contribution >= 4 is 34.6 Å². The molecular formula is C20H21ClN2O4. The van der Waals surface area contributed by atoms with Gasteiger partial charge in [0.25, 0.3) is 5.91 Å². The molecule has 1 atom stereocenters. The van der Waals surface area contributed by atoms with Crippen LogP contribution in [0.5, 0.6) is 0 Å². The van der Waals surface area contributed by atoms with E-state index in [0.29, 0.717) is 22.8 Å². The van der Waals surface area contributed by atoms with Gasteiger partial charge < -0.3 is 19.0 Å². The van der Waals surface area contributed by atoms with Crippen LogP contribution in [0.25, 0.3) is 11.1 Å². The maximum absolute atomic E-state index is 12.9. The quantitative estimate of drug-likeness (QED) is 0.650. The Bertz CT molecular complexity index is 973. The molecule has 3 aromatic rings. The van der Waals surface area contributed by atoms with E-state index in [1.807, 2.05) is 36.6 Å². The van der Waals surface area contributed by atoms with Crippen molar-refractivity contribution in [3.8, 4) is 0 Å². The number of halogens is 1. The highest BCUT2D eigenvalue weighted by Crippen LogP contribution is 2.25. The number of methoxy groups -OCH3 is 1. The fraction of sp³-hybridized carbons (Fsp3) is 0.300. The number of carbonyl (C=O) groups excluding carboxylic acids is 2. The van der Waals surface area contributed by atoms with E-state index in [1.165, 1.54) is 7.11 Å². The number of fused-ring (bicyclic) bond motifs is 1. The van der Waals surface area contributed by atoms with Gasteiger partial charge in [0.2, 0.25) is 0 Å². The van der Waals surface area contributed by atoms with Gasteiger partial charge in [-0.15, -0.1) is 0 Å². The van der Waals surface area contributed by atoms with Gasteiger partial charge in [-0.2, -0.15) is 0 Å². The van der Waals surface area contributed by atoms with Gasteiger partial charge >= 0.3 is 5.97 Å².